The normalized spacial score (nSPS) is 11.5. The molecule has 36 heavy (non-hydrogen) atoms. The monoisotopic (exact) mass is 489 g/mol. The standard InChI is InChI=1S/C27H31N5O4/c1-6-30(26(34)16-11-20-9-14-22(15-10-20)32(35)36)18-25(33)28-24-17-23(27(3,4)5)29-31(24)21-12-7-19(2)8-13-21/h7-17H,6,18H2,1-5H3,(H,28,33). The van der Waals surface area contributed by atoms with Crippen LogP contribution in [0, 0.1) is 17.0 Å². The molecule has 0 spiro atoms. The van der Waals surface area contributed by atoms with Gasteiger partial charge in [-0.25, -0.2) is 4.68 Å². The quantitative estimate of drug-likeness (QED) is 0.275. The van der Waals surface area contributed by atoms with E-state index in [1.807, 2.05) is 37.3 Å². The van der Waals surface area contributed by atoms with Gasteiger partial charge in [0.05, 0.1) is 16.3 Å². The van der Waals surface area contributed by atoms with Crippen LogP contribution in [-0.2, 0) is 15.0 Å². The van der Waals surface area contributed by atoms with Crippen LogP contribution in [0.4, 0.5) is 11.5 Å². The van der Waals surface area contributed by atoms with E-state index in [9.17, 15) is 19.7 Å². The average Bonchev–Trinajstić information content (AvgIpc) is 3.26. The number of aromatic nitrogens is 2. The number of hydrogen-bond donors (Lipinski definition) is 1. The Morgan fingerprint density at radius 3 is 2.31 bits per heavy atom. The lowest BCUT2D eigenvalue weighted by Gasteiger charge is -2.19. The van der Waals surface area contributed by atoms with E-state index in [-0.39, 0.29) is 29.5 Å². The van der Waals surface area contributed by atoms with Gasteiger partial charge in [0.1, 0.15) is 12.4 Å². The zero-order valence-electron chi connectivity index (χ0n) is 21.2. The van der Waals surface area contributed by atoms with Crippen molar-refractivity contribution in [1.82, 2.24) is 14.7 Å². The number of likely N-dealkylation sites (N-methyl/N-ethyl adjacent to an activating group) is 1. The van der Waals surface area contributed by atoms with Gasteiger partial charge >= 0.3 is 0 Å². The Balaban J connectivity index is 1.73. The third-order valence-corrected chi connectivity index (χ3v) is 5.57. The van der Waals surface area contributed by atoms with E-state index in [2.05, 4.69) is 26.1 Å². The number of hydrogen-bond acceptors (Lipinski definition) is 5. The largest absolute Gasteiger partial charge is 0.330 e. The number of anilines is 1. The van der Waals surface area contributed by atoms with Crippen molar-refractivity contribution in [3.8, 4) is 5.69 Å². The van der Waals surface area contributed by atoms with Crippen molar-refractivity contribution in [2.75, 3.05) is 18.4 Å². The number of rotatable bonds is 8. The van der Waals surface area contributed by atoms with E-state index >= 15 is 0 Å². The van der Waals surface area contributed by atoms with Gasteiger partial charge in [-0.15, -0.1) is 0 Å². The molecule has 9 heteroatoms. The molecule has 188 valence electrons. The van der Waals surface area contributed by atoms with Crippen molar-refractivity contribution in [2.45, 2.75) is 40.0 Å². The molecule has 0 unspecified atom stereocenters. The van der Waals surface area contributed by atoms with Crippen LogP contribution in [0.25, 0.3) is 11.8 Å². The molecule has 0 radical (unpaired) electrons. The number of amides is 2. The molecule has 1 aromatic heterocycles. The smallest absolute Gasteiger partial charge is 0.269 e. The van der Waals surface area contributed by atoms with Crippen molar-refractivity contribution in [1.29, 1.82) is 0 Å². The molecular formula is C27H31N5O4. The first-order valence-corrected chi connectivity index (χ1v) is 11.7. The van der Waals surface area contributed by atoms with Crippen LogP contribution in [-0.4, -0.2) is 44.5 Å². The fraction of sp³-hybridized carbons (Fsp3) is 0.296. The summed E-state index contributed by atoms with van der Waals surface area (Å²) in [4.78, 5) is 37.3. The number of nitrogens with zero attached hydrogens (tertiary/aromatic N) is 4. The number of carbonyl (C=O) groups is 2. The van der Waals surface area contributed by atoms with Gasteiger partial charge in [0.2, 0.25) is 11.8 Å². The lowest BCUT2D eigenvalue weighted by molar-refractivity contribution is -0.384. The van der Waals surface area contributed by atoms with Crippen molar-refractivity contribution in [3.63, 3.8) is 0 Å². The van der Waals surface area contributed by atoms with E-state index in [0.29, 0.717) is 17.9 Å². The summed E-state index contributed by atoms with van der Waals surface area (Å²) in [6.45, 7) is 10.1. The predicted octanol–water partition coefficient (Wildman–Crippen LogP) is 4.89. The van der Waals surface area contributed by atoms with E-state index in [4.69, 9.17) is 5.10 Å². The summed E-state index contributed by atoms with van der Waals surface area (Å²) in [6.07, 6.45) is 2.92. The second-order valence-electron chi connectivity index (χ2n) is 9.49. The zero-order valence-corrected chi connectivity index (χ0v) is 21.2. The van der Waals surface area contributed by atoms with Gasteiger partial charge in [-0.05, 0) is 49.8 Å². The Hall–Kier alpha value is -4.27. The van der Waals surface area contributed by atoms with Gasteiger partial charge in [0, 0.05) is 36.2 Å². The maximum absolute atomic E-state index is 12.9. The van der Waals surface area contributed by atoms with E-state index in [0.717, 1.165) is 16.9 Å². The van der Waals surface area contributed by atoms with Crippen molar-refractivity contribution < 1.29 is 14.5 Å². The zero-order chi connectivity index (χ0) is 26.5. The molecule has 0 saturated carbocycles. The summed E-state index contributed by atoms with van der Waals surface area (Å²) in [5, 5.41) is 18.4. The van der Waals surface area contributed by atoms with Crippen LogP contribution in [0.5, 0.6) is 0 Å². The molecular weight excluding hydrogens is 458 g/mol. The third-order valence-electron chi connectivity index (χ3n) is 5.57. The molecule has 2 aromatic carbocycles. The van der Waals surface area contributed by atoms with Crippen LogP contribution in [0.2, 0.25) is 0 Å². The Morgan fingerprint density at radius 1 is 1.11 bits per heavy atom. The first kappa shape index (κ1) is 26.3. The SMILES string of the molecule is CCN(CC(=O)Nc1cc(C(C)(C)C)nn1-c1ccc(C)cc1)C(=O)C=Cc1ccc([N+](=O)[O-])cc1. The molecule has 0 bridgehead atoms. The predicted molar refractivity (Wildman–Crippen MR) is 140 cm³/mol. The topological polar surface area (TPSA) is 110 Å². The molecule has 2 amide bonds. The minimum atomic E-state index is -0.481. The van der Waals surface area contributed by atoms with Gasteiger partial charge in [0.25, 0.3) is 5.69 Å². The van der Waals surface area contributed by atoms with E-state index in [1.165, 1.54) is 23.1 Å². The Labute approximate surface area is 210 Å². The summed E-state index contributed by atoms with van der Waals surface area (Å²) in [5.41, 5.74) is 3.17. The highest BCUT2D eigenvalue weighted by atomic mass is 16.6. The highest BCUT2D eigenvalue weighted by Gasteiger charge is 2.22. The van der Waals surface area contributed by atoms with Crippen LogP contribution in [0.15, 0.2) is 60.7 Å². The number of nitro groups is 1. The molecule has 0 fully saturated rings. The highest BCUT2D eigenvalue weighted by molar-refractivity contribution is 5.97. The second-order valence-corrected chi connectivity index (χ2v) is 9.49. The molecule has 1 heterocycles. The van der Waals surface area contributed by atoms with Crippen molar-refractivity contribution >= 4 is 29.4 Å². The first-order chi connectivity index (χ1) is 17.0. The van der Waals surface area contributed by atoms with Crippen molar-refractivity contribution in [3.05, 3.63) is 87.6 Å². The van der Waals surface area contributed by atoms with Crippen LogP contribution >= 0.6 is 0 Å². The number of nitro benzene ring substituents is 1. The lowest BCUT2D eigenvalue weighted by atomic mass is 9.92. The Bertz CT molecular complexity index is 1270. The Kier molecular flexibility index (Phi) is 8.03. The molecule has 0 atom stereocenters. The molecule has 3 rings (SSSR count). The van der Waals surface area contributed by atoms with Gasteiger partial charge in [0.15, 0.2) is 0 Å². The minimum Gasteiger partial charge on any atom is -0.330 e. The third kappa shape index (κ3) is 6.65. The van der Waals surface area contributed by atoms with Crippen LogP contribution in [0.1, 0.15) is 44.5 Å². The molecule has 1 N–H and O–H groups in total. The van der Waals surface area contributed by atoms with Crippen LogP contribution < -0.4 is 5.32 Å². The molecule has 0 aliphatic heterocycles. The number of nitrogens with one attached hydrogen (secondary N) is 1. The molecule has 0 aliphatic carbocycles. The lowest BCUT2D eigenvalue weighted by Crippen LogP contribution is -2.37. The summed E-state index contributed by atoms with van der Waals surface area (Å²) in [5.74, 6) is -0.158. The van der Waals surface area contributed by atoms with Gasteiger partial charge < -0.3 is 10.2 Å². The van der Waals surface area contributed by atoms with Gasteiger partial charge in [-0.3, -0.25) is 19.7 Å². The summed E-state index contributed by atoms with van der Waals surface area (Å²) in [7, 11) is 0. The van der Waals surface area contributed by atoms with Gasteiger partial charge in [-0.2, -0.15) is 5.10 Å². The highest BCUT2D eigenvalue weighted by Crippen LogP contribution is 2.26. The molecule has 0 saturated heterocycles. The van der Waals surface area contributed by atoms with Crippen molar-refractivity contribution in [2.24, 2.45) is 0 Å². The fourth-order valence-corrected chi connectivity index (χ4v) is 3.40. The average molecular weight is 490 g/mol. The number of benzene rings is 2. The second kappa shape index (κ2) is 11.0. The summed E-state index contributed by atoms with van der Waals surface area (Å²) >= 11 is 0. The van der Waals surface area contributed by atoms with E-state index < -0.39 is 4.92 Å². The molecule has 0 aliphatic rings. The summed E-state index contributed by atoms with van der Waals surface area (Å²) in [6, 6.07) is 15.6. The Morgan fingerprint density at radius 2 is 1.75 bits per heavy atom. The first-order valence-electron chi connectivity index (χ1n) is 11.7. The van der Waals surface area contributed by atoms with E-state index in [1.54, 1.807) is 29.8 Å². The van der Waals surface area contributed by atoms with Gasteiger partial charge in [-0.1, -0.05) is 38.5 Å². The van der Waals surface area contributed by atoms with Crippen LogP contribution in [0.3, 0.4) is 0 Å². The maximum atomic E-state index is 12.9. The molecule has 9 nitrogen and oxygen atoms in total. The fourth-order valence-electron chi connectivity index (χ4n) is 3.40. The molecule has 3 aromatic rings. The maximum Gasteiger partial charge on any atom is 0.269 e. The number of non-ortho nitro benzene ring substituents is 1. The number of aryl methyl sites for hydroxylation is 1. The summed E-state index contributed by atoms with van der Waals surface area (Å²) < 4.78 is 1.70. The minimum absolute atomic E-state index is 0.0233. The number of carbonyl (C=O) groups excluding carboxylic acids is 2.